The van der Waals surface area contributed by atoms with E-state index in [9.17, 15) is 12.8 Å². The smallest absolute Gasteiger partial charge is 0.207 e. The largest absolute Gasteiger partial charge is 0.243 e. The summed E-state index contributed by atoms with van der Waals surface area (Å²) in [7, 11) is -3.55. The van der Waals surface area contributed by atoms with Crippen LogP contribution in [0.4, 0.5) is 4.39 Å². The molecule has 1 aromatic carbocycles. The highest BCUT2D eigenvalue weighted by atomic mass is 32.2. The summed E-state index contributed by atoms with van der Waals surface area (Å²) in [6.07, 6.45) is 4.01. The van der Waals surface area contributed by atoms with Crippen molar-refractivity contribution in [3.63, 3.8) is 0 Å². The van der Waals surface area contributed by atoms with Crippen LogP contribution in [0.25, 0.3) is 0 Å². The van der Waals surface area contributed by atoms with Crippen LogP contribution in [-0.2, 0) is 10.0 Å². The normalized spacial score (nSPS) is 17.1. The maximum atomic E-state index is 13.4. The molecule has 0 heterocycles. The molecule has 0 aromatic heterocycles. The predicted octanol–water partition coefficient (Wildman–Crippen LogP) is 3.40. The maximum absolute atomic E-state index is 13.4. The molecular formula is C15H22FNO2S. The van der Waals surface area contributed by atoms with Crippen molar-refractivity contribution in [1.29, 1.82) is 0 Å². The highest BCUT2D eigenvalue weighted by molar-refractivity contribution is 7.89. The van der Waals surface area contributed by atoms with E-state index in [1.807, 2.05) is 6.92 Å². The molecule has 1 aliphatic carbocycles. The third-order valence-corrected chi connectivity index (χ3v) is 6.37. The quantitative estimate of drug-likeness (QED) is 0.854. The lowest BCUT2D eigenvalue weighted by Crippen LogP contribution is -2.39. The molecule has 0 bridgehead atoms. The molecule has 5 heteroatoms. The van der Waals surface area contributed by atoms with Crippen LogP contribution in [-0.4, -0.2) is 25.3 Å². The van der Waals surface area contributed by atoms with E-state index in [1.165, 1.54) is 12.1 Å². The minimum absolute atomic E-state index is 0.0915. The van der Waals surface area contributed by atoms with Crippen LogP contribution in [0.5, 0.6) is 0 Å². The molecule has 112 valence electrons. The Hall–Kier alpha value is -0.940. The van der Waals surface area contributed by atoms with Gasteiger partial charge in [0, 0.05) is 12.6 Å². The predicted molar refractivity (Wildman–Crippen MR) is 77.7 cm³/mol. The minimum Gasteiger partial charge on any atom is -0.207 e. The fraction of sp³-hybridized carbons (Fsp3) is 0.600. The van der Waals surface area contributed by atoms with E-state index in [0.29, 0.717) is 17.7 Å². The summed E-state index contributed by atoms with van der Waals surface area (Å²) in [4.78, 5) is 0.271. The number of rotatable bonds is 4. The SMILES string of the molecule is CCN(C1CCCC1)S(=O)(=O)c1c(C)cc(F)cc1C. The molecule has 0 amide bonds. The van der Waals surface area contributed by atoms with Crippen LogP contribution in [0.15, 0.2) is 17.0 Å². The first-order chi connectivity index (χ1) is 9.37. The van der Waals surface area contributed by atoms with Gasteiger partial charge in [-0.3, -0.25) is 0 Å². The van der Waals surface area contributed by atoms with E-state index < -0.39 is 10.0 Å². The first-order valence-corrected chi connectivity index (χ1v) is 8.60. The van der Waals surface area contributed by atoms with Gasteiger partial charge in [-0.05, 0) is 49.9 Å². The van der Waals surface area contributed by atoms with Gasteiger partial charge < -0.3 is 0 Å². The second-order valence-electron chi connectivity index (χ2n) is 5.52. The summed E-state index contributed by atoms with van der Waals surface area (Å²) >= 11 is 0. The van der Waals surface area contributed by atoms with Gasteiger partial charge in [-0.1, -0.05) is 19.8 Å². The van der Waals surface area contributed by atoms with Crippen LogP contribution < -0.4 is 0 Å². The average molecular weight is 299 g/mol. The number of halogens is 1. The molecule has 0 spiro atoms. The Morgan fingerprint density at radius 2 is 1.70 bits per heavy atom. The highest BCUT2D eigenvalue weighted by Gasteiger charge is 2.33. The van der Waals surface area contributed by atoms with Crippen LogP contribution in [0, 0.1) is 19.7 Å². The Kier molecular flexibility index (Phi) is 4.49. The summed E-state index contributed by atoms with van der Waals surface area (Å²) in [5.74, 6) is -0.386. The standard InChI is InChI=1S/C15H22FNO2S/c1-4-17(14-7-5-6-8-14)20(18,19)15-11(2)9-13(16)10-12(15)3/h9-10,14H,4-8H2,1-3H3. The number of hydrogen-bond donors (Lipinski definition) is 0. The van der Waals surface area contributed by atoms with Crippen molar-refractivity contribution < 1.29 is 12.8 Å². The maximum Gasteiger partial charge on any atom is 0.243 e. The Bertz CT molecular complexity index is 569. The lowest BCUT2D eigenvalue weighted by molar-refractivity contribution is 0.335. The third kappa shape index (κ3) is 2.74. The van der Waals surface area contributed by atoms with Crippen LogP contribution in [0.3, 0.4) is 0 Å². The van der Waals surface area contributed by atoms with Crippen molar-refractivity contribution in [3.8, 4) is 0 Å². The van der Waals surface area contributed by atoms with E-state index in [4.69, 9.17) is 0 Å². The van der Waals surface area contributed by atoms with Crippen LogP contribution in [0.2, 0.25) is 0 Å². The molecule has 0 aliphatic heterocycles. The van der Waals surface area contributed by atoms with Crippen LogP contribution in [0.1, 0.15) is 43.7 Å². The van der Waals surface area contributed by atoms with Gasteiger partial charge in [0.2, 0.25) is 10.0 Å². The second kappa shape index (κ2) is 5.82. The molecule has 0 atom stereocenters. The van der Waals surface area contributed by atoms with Crippen molar-refractivity contribution in [2.75, 3.05) is 6.54 Å². The van der Waals surface area contributed by atoms with Crippen molar-refractivity contribution in [2.45, 2.75) is 57.4 Å². The van der Waals surface area contributed by atoms with Crippen molar-refractivity contribution in [1.82, 2.24) is 4.31 Å². The topological polar surface area (TPSA) is 37.4 Å². The molecule has 1 saturated carbocycles. The van der Waals surface area contributed by atoms with E-state index in [1.54, 1.807) is 18.2 Å². The molecule has 1 aromatic rings. The van der Waals surface area contributed by atoms with Gasteiger partial charge in [0.05, 0.1) is 4.90 Å². The number of hydrogen-bond acceptors (Lipinski definition) is 2. The lowest BCUT2D eigenvalue weighted by Gasteiger charge is -2.28. The molecule has 2 rings (SSSR count). The molecule has 0 radical (unpaired) electrons. The highest BCUT2D eigenvalue weighted by Crippen LogP contribution is 2.31. The molecule has 0 unspecified atom stereocenters. The molecule has 3 nitrogen and oxygen atoms in total. The zero-order chi connectivity index (χ0) is 14.9. The summed E-state index contributed by atoms with van der Waals surface area (Å²) in [6.45, 7) is 5.64. The fourth-order valence-electron chi connectivity index (χ4n) is 3.24. The van der Waals surface area contributed by atoms with Gasteiger partial charge in [-0.15, -0.1) is 0 Å². The lowest BCUT2D eigenvalue weighted by atomic mass is 10.1. The van der Waals surface area contributed by atoms with Gasteiger partial charge in [0.25, 0.3) is 0 Å². The molecule has 0 saturated heterocycles. The number of sulfonamides is 1. The second-order valence-corrected chi connectivity index (χ2v) is 7.34. The van der Waals surface area contributed by atoms with Gasteiger partial charge in [0.1, 0.15) is 5.82 Å². The summed E-state index contributed by atoms with van der Waals surface area (Å²) in [5.41, 5.74) is 0.970. The summed E-state index contributed by atoms with van der Waals surface area (Å²) in [6, 6.07) is 2.68. The summed E-state index contributed by atoms with van der Waals surface area (Å²) in [5, 5.41) is 0. The van der Waals surface area contributed by atoms with Crippen molar-refractivity contribution >= 4 is 10.0 Å². The van der Waals surface area contributed by atoms with Crippen LogP contribution >= 0.6 is 0 Å². The number of benzene rings is 1. The molecule has 20 heavy (non-hydrogen) atoms. The molecule has 0 N–H and O–H groups in total. The molecule has 1 aliphatic rings. The fourth-order valence-corrected chi connectivity index (χ4v) is 5.35. The number of aryl methyl sites for hydroxylation is 2. The monoisotopic (exact) mass is 299 g/mol. The number of nitrogens with zero attached hydrogens (tertiary/aromatic N) is 1. The summed E-state index contributed by atoms with van der Waals surface area (Å²) < 4.78 is 40.8. The van der Waals surface area contributed by atoms with E-state index >= 15 is 0 Å². The van der Waals surface area contributed by atoms with E-state index in [2.05, 4.69) is 0 Å². The van der Waals surface area contributed by atoms with Crippen molar-refractivity contribution in [2.24, 2.45) is 0 Å². The molecular weight excluding hydrogens is 277 g/mol. The zero-order valence-corrected chi connectivity index (χ0v) is 13.1. The Labute approximate surface area is 120 Å². The third-order valence-electron chi connectivity index (χ3n) is 4.04. The zero-order valence-electron chi connectivity index (χ0n) is 12.3. The minimum atomic E-state index is -3.55. The van der Waals surface area contributed by atoms with Crippen molar-refractivity contribution in [3.05, 3.63) is 29.1 Å². The van der Waals surface area contributed by atoms with Gasteiger partial charge >= 0.3 is 0 Å². The Balaban J connectivity index is 2.48. The Morgan fingerprint density at radius 1 is 1.20 bits per heavy atom. The first-order valence-electron chi connectivity index (χ1n) is 7.16. The van der Waals surface area contributed by atoms with Gasteiger partial charge in [-0.25, -0.2) is 12.8 Å². The first kappa shape index (κ1) is 15.4. The Morgan fingerprint density at radius 3 is 2.15 bits per heavy atom. The van der Waals surface area contributed by atoms with Gasteiger partial charge in [0.15, 0.2) is 0 Å². The molecule has 1 fully saturated rings. The van der Waals surface area contributed by atoms with Gasteiger partial charge in [-0.2, -0.15) is 4.31 Å². The van der Waals surface area contributed by atoms with E-state index in [0.717, 1.165) is 25.7 Å². The van der Waals surface area contributed by atoms with E-state index in [-0.39, 0.29) is 16.8 Å². The average Bonchev–Trinajstić information content (AvgIpc) is 2.80.